The Kier molecular flexibility index (Phi) is 2.85. The summed E-state index contributed by atoms with van der Waals surface area (Å²) in [5, 5.41) is 12.4. The van der Waals surface area contributed by atoms with Gasteiger partial charge in [0.1, 0.15) is 12.8 Å². The van der Waals surface area contributed by atoms with E-state index in [1.54, 1.807) is 0 Å². The van der Waals surface area contributed by atoms with Crippen molar-refractivity contribution >= 4 is 11.8 Å². The Balaban J connectivity index is 1.42. The van der Waals surface area contributed by atoms with Crippen LogP contribution >= 0.6 is 0 Å². The molecule has 0 radical (unpaired) electrons. The molecule has 7 nitrogen and oxygen atoms in total. The summed E-state index contributed by atoms with van der Waals surface area (Å²) in [5.74, 6) is -1.26. The molecule has 0 spiro atoms. The van der Waals surface area contributed by atoms with E-state index in [2.05, 4.69) is 5.32 Å². The van der Waals surface area contributed by atoms with Crippen molar-refractivity contribution in [2.24, 2.45) is 5.92 Å². The second kappa shape index (κ2) is 4.53. The van der Waals surface area contributed by atoms with E-state index in [-0.39, 0.29) is 30.6 Å². The number of nitrogens with one attached hydrogen (secondary N) is 1. The summed E-state index contributed by atoms with van der Waals surface area (Å²) in [6.45, 7) is -0.207. The first-order valence-electron chi connectivity index (χ1n) is 7.36. The molecule has 2 amide bonds. The highest BCUT2D eigenvalue weighted by Gasteiger charge is 2.54. The standard InChI is InChI=1S/C14H18N2O5/c17-11(7-16-12(18)1-2-13(16)19)15-14-6-8-3-9(20-14)5-10(4-8)21-14/h1-2,8-10,12,18H,3-7H2,(H,15,17)/t8-,9-,10+,12?,14+. The lowest BCUT2D eigenvalue weighted by Crippen LogP contribution is -2.67. The zero-order valence-corrected chi connectivity index (χ0v) is 11.5. The maximum Gasteiger partial charge on any atom is 0.252 e. The number of aliphatic hydroxyl groups is 1. The Bertz CT molecular complexity index is 482. The van der Waals surface area contributed by atoms with E-state index in [1.807, 2.05) is 0 Å². The summed E-state index contributed by atoms with van der Waals surface area (Å²) in [6.07, 6.45) is 5.48. The first-order valence-corrected chi connectivity index (χ1v) is 7.36. The van der Waals surface area contributed by atoms with Crippen LogP contribution in [-0.4, -0.2) is 52.7 Å². The molecule has 4 bridgehead atoms. The monoisotopic (exact) mass is 294 g/mol. The van der Waals surface area contributed by atoms with Gasteiger partial charge in [0.2, 0.25) is 11.8 Å². The SMILES string of the molecule is O=C(CN1C(=O)C=CC1O)N[C@]12C[C@@H]3C[C@H](C[C@H](C3)O1)O2. The highest BCUT2D eigenvalue weighted by Crippen LogP contribution is 2.47. The van der Waals surface area contributed by atoms with Crippen LogP contribution in [0.15, 0.2) is 12.2 Å². The first kappa shape index (κ1) is 13.2. The molecule has 5 aliphatic rings. The number of carbonyl (C=O) groups excluding carboxylic acids is 2. The fourth-order valence-corrected chi connectivity index (χ4v) is 3.91. The number of aliphatic hydroxyl groups excluding tert-OH is 1. The van der Waals surface area contributed by atoms with Crippen molar-refractivity contribution in [2.75, 3.05) is 6.54 Å². The van der Waals surface area contributed by atoms with Gasteiger partial charge < -0.3 is 24.8 Å². The van der Waals surface area contributed by atoms with Gasteiger partial charge in [-0.05, 0) is 24.8 Å². The van der Waals surface area contributed by atoms with Gasteiger partial charge in [0.05, 0.1) is 12.2 Å². The number of carbonyl (C=O) groups is 2. The fraction of sp³-hybridized carbons (Fsp3) is 0.714. The van der Waals surface area contributed by atoms with Crippen molar-refractivity contribution in [3.63, 3.8) is 0 Å². The third kappa shape index (κ3) is 2.25. The molecular weight excluding hydrogens is 276 g/mol. The van der Waals surface area contributed by atoms with Gasteiger partial charge in [0, 0.05) is 18.9 Å². The summed E-state index contributed by atoms with van der Waals surface area (Å²) >= 11 is 0. The predicted octanol–water partition coefficient (Wildman–Crippen LogP) is -0.539. The number of rotatable bonds is 3. The maximum atomic E-state index is 12.2. The quantitative estimate of drug-likeness (QED) is 0.730. The summed E-state index contributed by atoms with van der Waals surface area (Å²) in [4.78, 5) is 24.8. The lowest BCUT2D eigenvalue weighted by Gasteiger charge is -2.55. The average Bonchev–Trinajstić information content (AvgIpc) is 2.68. The van der Waals surface area contributed by atoms with Gasteiger partial charge in [-0.15, -0.1) is 0 Å². The van der Waals surface area contributed by atoms with Gasteiger partial charge in [0.15, 0.2) is 0 Å². The highest BCUT2D eigenvalue weighted by atomic mass is 16.7. The van der Waals surface area contributed by atoms with Crippen molar-refractivity contribution in [1.29, 1.82) is 0 Å². The lowest BCUT2D eigenvalue weighted by atomic mass is 9.77. The third-order valence-corrected chi connectivity index (χ3v) is 4.65. The van der Waals surface area contributed by atoms with E-state index < -0.39 is 12.1 Å². The number of nitrogens with zero attached hydrogens (tertiary/aromatic N) is 1. The molecule has 21 heavy (non-hydrogen) atoms. The first-order chi connectivity index (χ1) is 10.0. The van der Waals surface area contributed by atoms with Crippen LogP contribution in [0.25, 0.3) is 0 Å². The summed E-state index contributed by atoms with van der Waals surface area (Å²) in [5.41, 5.74) is 0. The molecule has 4 heterocycles. The molecule has 5 rings (SSSR count). The van der Waals surface area contributed by atoms with E-state index in [1.165, 1.54) is 12.2 Å². The molecule has 1 aliphatic carbocycles. The van der Waals surface area contributed by atoms with Crippen LogP contribution < -0.4 is 5.32 Å². The molecule has 2 N–H and O–H groups in total. The zero-order valence-electron chi connectivity index (χ0n) is 11.5. The molecule has 0 aromatic heterocycles. The molecule has 114 valence electrons. The zero-order chi connectivity index (χ0) is 14.6. The van der Waals surface area contributed by atoms with Crippen LogP contribution in [-0.2, 0) is 19.1 Å². The Morgan fingerprint density at radius 1 is 1.38 bits per heavy atom. The minimum Gasteiger partial charge on any atom is -0.370 e. The summed E-state index contributed by atoms with van der Waals surface area (Å²) < 4.78 is 11.7. The van der Waals surface area contributed by atoms with Gasteiger partial charge in [0.25, 0.3) is 5.91 Å². The van der Waals surface area contributed by atoms with E-state index in [9.17, 15) is 14.7 Å². The van der Waals surface area contributed by atoms with Crippen molar-refractivity contribution in [3.05, 3.63) is 12.2 Å². The van der Waals surface area contributed by atoms with Gasteiger partial charge in [-0.3, -0.25) is 9.59 Å². The Morgan fingerprint density at radius 3 is 2.67 bits per heavy atom. The minimum atomic E-state index is -1.04. The maximum absolute atomic E-state index is 12.2. The molecule has 4 aliphatic heterocycles. The van der Waals surface area contributed by atoms with Crippen molar-refractivity contribution in [2.45, 2.75) is 50.0 Å². The fourth-order valence-electron chi connectivity index (χ4n) is 3.91. The average molecular weight is 294 g/mol. The Hall–Kier alpha value is -1.44. The van der Waals surface area contributed by atoms with Gasteiger partial charge >= 0.3 is 0 Å². The van der Waals surface area contributed by atoms with E-state index in [0.717, 1.165) is 24.2 Å². The highest BCUT2D eigenvalue weighted by molar-refractivity contribution is 5.93. The van der Waals surface area contributed by atoms with Crippen molar-refractivity contribution in [1.82, 2.24) is 10.2 Å². The topological polar surface area (TPSA) is 88.1 Å². The second-order valence-electron chi connectivity index (χ2n) is 6.30. The van der Waals surface area contributed by atoms with Crippen LogP contribution in [0.5, 0.6) is 0 Å². The third-order valence-electron chi connectivity index (χ3n) is 4.65. The molecule has 1 unspecified atom stereocenters. The largest absolute Gasteiger partial charge is 0.370 e. The smallest absolute Gasteiger partial charge is 0.252 e. The molecular formula is C14H18N2O5. The molecule has 0 aromatic carbocycles. The van der Waals surface area contributed by atoms with E-state index in [4.69, 9.17) is 9.47 Å². The Morgan fingerprint density at radius 2 is 2.10 bits per heavy atom. The molecule has 1 saturated carbocycles. The number of hydrogen-bond donors (Lipinski definition) is 2. The van der Waals surface area contributed by atoms with E-state index in [0.29, 0.717) is 12.3 Å². The van der Waals surface area contributed by atoms with Crippen molar-refractivity contribution in [3.8, 4) is 0 Å². The second-order valence-corrected chi connectivity index (χ2v) is 6.30. The molecule has 3 saturated heterocycles. The van der Waals surface area contributed by atoms with Crippen LogP contribution in [0.1, 0.15) is 25.7 Å². The molecule has 0 aromatic rings. The van der Waals surface area contributed by atoms with E-state index >= 15 is 0 Å². The lowest BCUT2D eigenvalue weighted by molar-refractivity contribution is -0.380. The van der Waals surface area contributed by atoms with Crippen LogP contribution in [0.2, 0.25) is 0 Å². The number of ether oxygens (including phenoxy) is 2. The van der Waals surface area contributed by atoms with Crippen molar-refractivity contribution < 1.29 is 24.2 Å². The summed E-state index contributed by atoms with van der Waals surface area (Å²) in [7, 11) is 0. The van der Waals surface area contributed by atoms with Crippen LogP contribution in [0, 0.1) is 5.92 Å². The molecule has 4 fully saturated rings. The molecule has 7 heteroatoms. The van der Waals surface area contributed by atoms with Gasteiger partial charge in [-0.1, -0.05) is 0 Å². The minimum absolute atomic E-state index is 0.150. The molecule has 5 atom stereocenters. The number of amides is 2. The predicted molar refractivity (Wildman–Crippen MR) is 69.4 cm³/mol. The van der Waals surface area contributed by atoms with Gasteiger partial charge in [-0.2, -0.15) is 0 Å². The number of hydrogen-bond acceptors (Lipinski definition) is 5. The summed E-state index contributed by atoms with van der Waals surface area (Å²) in [6, 6.07) is 0. The van der Waals surface area contributed by atoms with Gasteiger partial charge in [-0.25, -0.2) is 0 Å². The normalized spacial score (nSPS) is 43.7. The Labute approximate surface area is 121 Å². The van der Waals surface area contributed by atoms with Crippen LogP contribution in [0.3, 0.4) is 0 Å². The van der Waals surface area contributed by atoms with Crippen LogP contribution in [0.4, 0.5) is 0 Å².